The molecule has 0 unspecified atom stereocenters. The number of pyridine rings is 1. The number of nitrogens with zero attached hydrogens (tertiary/aromatic N) is 1. The van der Waals surface area contributed by atoms with Crippen molar-refractivity contribution in [1.82, 2.24) is 4.98 Å². The van der Waals surface area contributed by atoms with Crippen molar-refractivity contribution in [2.24, 2.45) is 23.7 Å². The smallest absolute Gasteiger partial charge is 0.202 e. The summed E-state index contributed by atoms with van der Waals surface area (Å²) < 4.78 is 39.9. The zero-order chi connectivity index (χ0) is 19.2. The monoisotopic (exact) mass is 381 g/mol. The Balaban J connectivity index is 1.39. The van der Waals surface area contributed by atoms with Crippen LogP contribution in [0, 0.1) is 41.4 Å². The van der Waals surface area contributed by atoms with Gasteiger partial charge >= 0.3 is 0 Å². The van der Waals surface area contributed by atoms with Crippen LogP contribution in [0.1, 0.15) is 89.5 Å². The normalized spacial score (nSPS) is 29.0. The van der Waals surface area contributed by atoms with Crippen molar-refractivity contribution in [2.75, 3.05) is 0 Å². The maximum Gasteiger partial charge on any atom is 0.251 e. The molecule has 0 radical (unpaired) electrons. The molecular weight excluding hydrogens is 347 g/mol. The number of rotatable bonds is 7. The summed E-state index contributed by atoms with van der Waals surface area (Å²) >= 11 is 0. The Bertz CT molecular complexity index is 588. The molecule has 2 aliphatic rings. The molecule has 2 saturated carbocycles. The van der Waals surface area contributed by atoms with E-state index in [-0.39, 0.29) is 5.56 Å². The van der Waals surface area contributed by atoms with Gasteiger partial charge in [-0.2, -0.15) is 13.8 Å². The van der Waals surface area contributed by atoms with Crippen LogP contribution < -0.4 is 0 Å². The molecule has 152 valence electrons. The first-order chi connectivity index (χ1) is 13.1. The Labute approximate surface area is 162 Å². The Morgan fingerprint density at radius 1 is 0.815 bits per heavy atom. The minimum absolute atomic E-state index is 0.210. The van der Waals surface area contributed by atoms with Crippen molar-refractivity contribution < 1.29 is 13.2 Å². The summed E-state index contributed by atoms with van der Waals surface area (Å²) in [4.78, 5) is 3.03. The van der Waals surface area contributed by atoms with Crippen molar-refractivity contribution in [3.05, 3.63) is 29.3 Å². The van der Waals surface area contributed by atoms with Gasteiger partial charge in [0.15, 0.2) is 5.82 Å². The van der Waals surface area contributed by atoms with Gasteiger partial charge in [0.2, 0.25) is 5.95 Å². The molecule has 1 aromatic rings. The molecule has 0 saturated heterocycles. The molecule has 0 N–H and O–H groups in total. The fourth-order valence-corrected chi connectivity index (χ4v) is 5.41. The van der Waals surface area contributed by atoms with E-state index in [1.165, 1.54) is 70.6 Å². The maximum atomic E-state index is 13.7. The number of hydrogen-bond acceptors (Lipinski definition) is 1. The molecule has 2 fully saturated rings. The minimum Gasteiger partial charge on any atom is -0.202 e. The van der Waals surface area contributed by atoms with Gasteiger partial charge in [0.1, 0.15) is 0 Å². The van der Waals surface area contributed by atoms with E-state index >= 15 is 0 Å². The van der Waals surface area contributed by atoms with Crippen LogP contribution in [-0.2, 0) is 6.42 Å². The van der Waals surface area contributed by atoms with Crippen LogP contribution in [0.25, 0.3) is 0 Å². The van der Waals surface area contributed by atoms with Gasteiger partial charge in [-0.15, -0.1) is 0 Å². The number of unbranched alkanes of at least 4 members (excludes halogenated alkanes) is 1. The zero-order valence-corrected chi connectivity index (χ0v) is 16.7. The first-order valence-corrected chi connectivity index (χ1v) is 11.1. The van der Waals surface area contributed by atoms with Crippen molar-refractivity contribution in [1.29, 1.82) is 0 Å². The third-order valence-electron chi connectivity index (χ3n) is 7.20. The third-order valence-corrected chi connectivity index (χ3v) is 7.20. The lowest BCUT2D eigenvalue weighted by molar-refractivity contribution is 0.140. The predicted molar refractivity (Wildman–Crippen MR) is 103 cm³/mol. The molecule has 1 aromatic heterocycles. The van der Waals surface area contributed by atoms with Crippen molar-refractivity contribution in [3.63, 3.8) is 0 Å². The molecule has 27 heavy (non-hydrogen) atoms. The number of aryl methyl sites for hydroxylation is 1. The number of halogens is 3. The van der Waals surface area contributed by atoms with Crippen LogP contribution in [-0.4, -0.2) is 4.98 Å². The maximum absolute atomic E-state index is 13.7. The molecule has 1 heterocycles. The molecule has 0 spiro atoms. The van der Waals surface area contributed by atoms with Crippen LogP contribution in [0.15, 0.2) is 6.07 Å². The van der Waals surface area contributed by atoms with Crippen LogP contribution >= 0.6 is 0 Å². The van der Waals surface area contributed by atoms with E-state index in [0.717, 1.165) is 30.2 Å². The SMILES string of the molecule is CCCCC1CCC(C2CCC(CCc3cc(F)c(F)nc3F)CC2)CC1. The molecule has 1 nitrogen and oxygen atoms in total. The Morgan fingerprint density at radius 3 is 1.93 bits per heavy atom. The van der Waals surface area contributed by atoms with Gasteiger partial charge in [-0.05, 0) is 68.3 Å². The highest BCUT2D eigenvalue weighted by molar-refractivity contribution is 5.13. The Morgan fingerprint density at radius 2 is 1.37 bits per heavy atom. The average Bonchev–Trinajstić information content (AvgIpc) is 2.69. The summed E-state index contributed by atoms with van der Waals surface area (Å²) in [7, 11) is 0. The predicted octanol–water partition coefficient (Wildman–Crippen LogP) is 7.23. The summed E-state index contributed by atoms with van der Waals surface area (Å²) in [5.74, 6) is 0.0757. The molecule has 3 rings (SSSR count). The van der Waals surface area contributed by atoms with Gasteiger partial charge in [-0.1, -0.05) is 51.9 Å². The largest absolute Gasteiger partial charge is 0.251 e. The van der Waals surface area contributed by atoms with Crippen LogP contribution in [0.5, 0.6) is 0 Å². The zero-order valence-electron chi connectivity index (χ0n) is 16.7. The summed E-state index contributed by atoms with van der Waals surface area (Å²) in [6, 6.07) is 0.973. The average molecular weight is 382 g/mol. The van der Waals surface area contributed by atoms with E-state index in [2.05, 4.69) is 11.9 Å². The van der Waals surface area contributed by atoms with E-state index in [9.17, 15) is 13.2 Å². The standard InChI is InChI=1S/C23H34F3N/c1-2-3-4-16-5-10-18(11-6-16)19-12-7-17(8-13-19)9-14-20-15-21(24)23(26)27-22(20)25/h15-19H,2-14H2,1H3. The summed E-state index contributed by atoms with van der Waals surface area (Å²) in [5.41, 5.74) is 0.210. The number of hydrogen-bond donors (Lipinski definition) is 0. The molecule has 4 heteroatoms. The van der Waals surface area contributed by atoms with Gasteiger partial charge in [0, 0.05) is 5.56 Å². The van der Waals surface area contributed by atoms with Gasteiger partial charge < -0.3 is 0 Å². The summed E-state index contributed by atoms with van der Waals surface area (Å²) in [6.07, 6.45) is 16.0. The first kappa shape index (κ1) is 20.7. The van der Waals surface area contributed by atoms with Gasteiger partial charge in [0.25, 0.3) is 5.95 Å². The lowest BCUT2D eigenvalue weighted by Crippen LogP contribution is -2.26. The summed E-state index contributed by atoms with van der Waals surface area (Å²) in [5, 5.41) is 0. The second kappa shape index (κ2) is 9.93. The van der Waals surface area contributed by atoms with Crippen molar-refractivity contribution >= 4 is 0 Å². The fourth-order valence-electron chi connectivity index (χ4n) is 5.41. The Hall–Kier alpha value is -1.06. The first-order valence-electron chi connectivity index (χ1n) is 11.1. The quantitative estimate of drug-likeness (QED) is 0.454. The summed E-state index contributed by atoms with van der Waals surface area (Å²) in [6.45, 7) is 2.28. The van der Waals surface area contributed by atoms with E-state index in [4.69, 9.17) is 0 Å². The van der Waals surface area contributed by atoms with Crippen LogP contribution in [0.4, 0.5) is 13.2 Å². The van der Waals surface area contributed by atoms with E-state index in [1.54, 1.807) is 0 Å². The van der Waals surface area contributed by atoms with Crippen molar-refractivity contribution in [2.45, 2.75) is 90.4 Å². The molecular formula is C23H34F3N. The second-order valence-electron chi connectivity index (χ2n) is 8.95. The lowest BCUT2D eigenvalue weighted by atomic mass is 9.68. The molecule has 0 bridgehead atoms. The topological polar surface area (TPSA) is 12.9 Å². The van der Waals surface area contributed by atoms with Crippen LogP contribution in [0.2, 0.25) is 0 Å². The van der Waals surface area contributed by atoms with E-state index in [0.29, 0.717) is 12.3 Å². The highest BCUT2D eigenvalue weighted by atomic mass is 19.2. The third kappa shape index (κ3) is 5.71. The van der Waals surface area contributed by atoms with Crippen LogP contribution in [0.3, 0.4) is 0 Å². The highest BCUT2D eigenvalue weighted by Crippen LogP contribution is 2.43. The molecule has 0 aliphatic heterocycles. The van der Waals surface area contributed by atoms with Gasteiger partial charge in [-0.25, -0.2) is 4.39 Å². The second-order valence-corrected chi connectivity index (χ2v) is 8.95. The van der Waals surface area contributed by atoms with Gasteiger partial charge in [0.05, 0.1) is 0 Å². The molecule has 0 aromatic carbocycles. The minimum atomic E-state index is -1.35. The lowest BCUT2D eigenvalue weighted by Gasteiger charge is -2.38. The number of aromatic nitrogens is 1. The highest BCUT2D eigenvalue weighted by Gasteiger charge is 2.30. The Kier molecular flexibility index (Phi) is 7.60. The molecule has 0 amide bonds. The molecule has 2 aliphatic carbocycles. The van der Waals surface area contributed by atoms with E-state index < -0.39 is 17.7 Å². The van der Waals surface area contributed by atoms with E-state index in [1.807, 2.05) is 0 Å². The fraction of sp³-hybridized carbons (Fsp3) is 0.783. The molecule has 0 atom stereocenters. The van der Waals surface area contributed by atoms with Crippen molar-refractivity contribution in [3.8, 4) is 0 Å². The van der Waals surface area contributed by atoms with Gasteiger partial charge in [-0.3, -0.25) is 0 Å².